The van der Waals surface area contributed by atoms with Crippen molar-refractivity contribution in [2.24, 2.45) is 5.73 Å². The summed E-state index contributed by atoms with van der Waals surface area (Å²) in [5.41, 5.74) is 6.12. The Kier molecular flexibility index (Phi) is 2.05. The first-order valence-electron chi connectivity index (χ1n) is 3.75. The maximum Gasteiger partial charge on any atom is 0.199 e. The molecule has 0 aliphatic heterocycles. The Morgan fingerprint density at radius 3 is 3.00 bits per heavy atom. The fraction of sp³-hybridized carbons (Fsp3) is 0.125. The molecule has 0 bridgehead atoms. The second-order valence-corrected chi connectivity index (χ2v) is 3.34. The highest BCUT2D eigenvalue weighted by Crippen LogP contribution is 2.19. The first kappa shape index (κ1) is 8.65. The van der Waals surface area contributed by atoms with Gasteiger partial charge in [-0.2, -0.15) is 4.39 Å². The summed E-state index contributed by atoms with van der Waals surface area (Å²) < 4.78 is 15.3. The molecule has 68 valence electrons. The van der Waals surface area contributed by atoms with Crippen LogP contribution in [-0.2, 0) is 6.54 Å². The van der Waals surface area contributed by atoms with E-state index < -0.39 is 0 Å². The minimum absolute atomic E-state index is 0.216. The summed E-state index contributed by atoms with van der Waals surface area (Å²) in [4.78, 5) is 4.08. The minimum atomic E-state index is -0.351. The van der Waals surface area contributed by atoms with Gasteiger partial charge in [0, 0.05) is 0 Å². The molecule has 0 saturated heterocycles. The molecule has 0 unspecified atom stereocenters. The van der Waals surface area contributed by atoms with Gasteiger partial charge in [-0.05, 0) is 28.1 Å². The van der Waals surface area contributed by atoms with Gasteiger partial charge in [-0.25, -0.2) is 4.98 Å². The third-order valence-electron chi connectivity index (χ3n) is 1.82. The van der Waals surface area contributed by atoms with E-state index >= 15 is 0 Å². The van der Waals surface area contributed by atoms with Crippen LogP contribution < -0.4 is 5.73 Å². The van der Waals surface area contributed by atoms with Gasteiger partial charge in [0.25, 0.3) is 0 Å². The molecule has 0 atom stereocenters. The number of hydrogen-bond donors (Lipinski definition) is 1. The van der Waals surface area contributed by atoms with Crippen LogP contribution in [0.4, 0.5) is 4.39 Å². The van der Waals surface area contributed by atoms with E-state index in [1.165, 1.54) is 10.5 Å². The molecule has 2 heterocycles. The van der Waals surface area contributed by atoms with E-state index in [-0.39, 0.29) is 12.5 Å². The molecule has 0 aliphatic rings. The van der Waals surface area contributed by atoms with Gasteiger partial charge in [0.05, 0.1) is 12.1 Å². The van der Waals surface area contributed by atoms with Gasteiger partial charge in [-0.15, -0.1) is 0 Å². The van der Waals surface area contributed by atoms with Crippen LogP contribution in [0.3, 0.4) is 0 Å². The molecule has 0 amide bonds. The van der Waals surface area contributed by atoms with Gasteiger partial charge < -0.3 is 5.73 Å². The Morgan fingerprint density at radius 1 is 1.54 bits per heavy atom. The monoisotopic (exact) mass is 243 g/mol. The van der Waals surface area contributed by atoms with E-state index in [1.807, 2.05) is 0 Å². The number of imidazole rings is 1. The average Bonchev–Trinajstić information content (AvgIpc) is 2.45. The zero-order valence-corrected chi connectivity index (χ0v) is 8.25. The van der Waals surface area contributed by atoms with Crippen molar-refractivity contribution < 1.29 is 4.39 Å². The zero-order valence-electron chi connectivity index (χ0n) is 6.67. The van der Waals surface area contributed by atoms with Gasteiger partial charge in [-0.3, -0.25) is 4.40 Å². The Balaban J connectivity index is 2.89. The highest BCUT2D eigenvalue weighted by atomic mass is 79.9. The SMILES string of the molecule is NCc1nc(Br)c2cccc(F)n12. The maximum absolute atomic E-state index is 13.3. The summed E-state index contributed by atoms with van der Waals surface area (Å²) in [5.74, 6) is 0.163. The van der Waals surface area contributed by atoms with Crippen molar-refractivity contribution in [3.63, 3.8) is 0 Å². The van der Waals surface area contributed by atoms with Gasteiger partial charge in [0.2, 0.25) is 0 Å². The predicted molar refractivity (Wildman–Crippen MR) is 50.7 cm³/mol. The van der Waals surface area contributed by atoms with Crippen LogP contribution in [0.1, 0.15) is 5.82 Å². The van der Waals surface area contributed by atoms with Crippen LogP contribution in [0, 0.1) is 5.95 Å². The number of nitrogens with two attached hydrogens (primary N) is 1. The number of halogens is 2. The number of nitrogens with zero attached hydrogens (tertiary/aromatic N) is 2. The standard InChI is InChI=1S/C8H7BrFN3/c9-8-5-2-1-3-6(10)13(5)7(4-11)12-8/h1-3H,4,11H2. The van der Waals surface area contributed by atoms with Crippen LogP contribution in [0.25, 0.3) is 5.52 Å². The second kappa shape index (κ2) is 3.08. The largest absolute Gasteiger partial charge is 0.324 e. The van der Waals surface area contributed by atoms with E-state index in [1.54, 1.807) is 12.1 Å². The van der Waals surface area contributed by atoms with Crippen LogP contribution in [-0.4, -0.2) is 9.38 Å². The lowest BCUT2D eigenvalue weighted by molar-refractivity contribution is 0.558. The molecule has 0 saturated carbocycles. The van der Waals surface area contributed by atoms with Crippen molar-refractivity contribution in [3.8, 4) is 0 Å². The van der Waals surface area contributed by atoms with Crippen molar-refractivity contribution in [3.05, 3.63) is 34.6 Å². The van der Waals surface area contributed by atoms with Gasteiger partial charge in [0.15, 0.2) is 5.95 Å². The summed E-state index contributed by atoms with van der Waals surface area (Å²) in [7, 11) is 0. The number of pyridine rings is 1. The van der Waals surface area contributed by atoms with E-state index in [9.17, 15) is 4.39 Å². The van der Waals surface area contributed by atoms with E-state index in [0.29, 0.717) is 15.9 Å². The van der Waals surface area contributed by atoms with Crippen molar-refractivity contribution in [2.45, 2.75) is 6.54 Å². The molecule has 2 N–H and O–H groups in total. The molecular weight excluding hydrogens is 237 g/mol. The average molecular weight is 244 g/mol. The lowest BCUT2D eigenvalue weighted by atomic mass is 10.4. The molecule has 0 fully saturated rings. The van der Waals surface area contributed by atoms with Gasteiger partial charge >= 0.3 is 0 Å². The number of hydrogen-bond acceptors (Lipinski definition) is 2. The highest BCUT2D eigenvalue weighted by Gasteiger charge is 2.09. The molecule has 0 spiro atoms. The fourth-order valence-corrected chi connectivity index (χ4v) is 1.78. The second-order valence-electron chi connectivity index (χ2n) is 2.59. The quantitative estimate of drug-likeness (QED) is 0.776. The first-order chi connectivity index (χ1) is 6.24. The van der Waals surface area contributed by atoms with E-state index in [4.69, 9.17) is 5.73 Å². The maximum atomic E-state index is 13.3. The Hall–Kier alpha value is -0.940. The Bertz CT molecular complexity index is 452. The van der Waals surface area contributed by atoms with E-state index in [2.05, 4.69) is 20.9 Å². The summed E-state index contributed by atoms with van der Waals surface area (Å²) >= 11 is 3.24. The van der Waals surface area contributed by atoms with Crippen LogP contribution in [0.5, 0.6) is 0 Å². The van der Waals surface area contributed by atoms with Crippen LogP contribution in [0.2, 0.25) is 0 Å². The van der Waals surface area contributed by atoms with Gasteiger partial charge in [0.1, 0.15) is 10.4 Å². The van der Waals surface area contributed by atoms with E-state index in [0.717, 1.165) is 0 Å². The normalized spacial score (nSPS) is 11.0. The summed E-state index contributed by atoms with van der Waals surface area (Å²) in [6, 6.07) is 4.79. The molecule has 0 aromatic carbocycles. The summed E-state index contributed by atoms with van der Waals surface area (Å²) in [6.45, 7) is 0.216. The number of fused-ring (bicyclic) bond motifs is 1. The van der Waals surface area contributed by atoms with Crippen LogP contribution in [0.15, 0.2) is 22.8 Å². The molecule has 2 aromatic rings. The number of rotatable bonds is 1. The van der Waals surface area contributed by atoms with Crippen molar-refractivity contribution >= 4 is 21.4 Å². The highest BCUT2D eigenvalue weighted by molar-refractivity contribution is 9.10. The third-order valence-corrected chi connectivity index (χ3v) is 2.41. The first-order valence-corrected chi connectivity index (χ1v) is 4.54. The fourth-order valence-electron chi connectivity index (χ4n) is 1.26. The molecule has 0 aliphatic carbocycles. The summed E-state index contributed by atoms with van der Waals surface area (Å²) in [6.07, 6.45) is 0. The molecule has 3 nitrogen and oxygen atoms in total. The molecule has 13 heavy (non-hydrogen) atoms. The summed E-state index contributed by atoms with van der Waals surface area (Å²) in [5, 5.41) is 0. The van der Waals surface area contributed by atoms with Crippen molar-refractivity contribution in [1.82, 2.24) is 9.38 Å². The zero-order chi connectivity index (χ0) is 9.42. The van der Waals surface area contributed by atoms with Gasteiger partial charge in [-0.1, -0.05) is 6.07 Å². The van der Waals surface area contributed by atoms with Crippen LogP contribution >= 0.6 is 15.9 Å². The van der Waals surface area contributed by atoms with Crippen molar-refractivity contribution in [2.75, 3.05) is 0 Å². The predicted octanol–water partition coefficient (Wildman–Crippen LogP) is 1.69. The number of aromatic nitrogens is 2. The topological polar surface area (TPSA) is 43.3 Å². The molecular formula is C8H7BrFN3. The minimum Gasteiger partial charge on any atom is -0.324 e. The molecule has 2 aromatic heterocycles. The Morgan fingerprint density at radius 2 is 2.31 bits per heavy atom. The smallest absolute Gasteiger partial charge is 0.199 e. The lowest BCUT2D eigenvalue weighted by Crippen LogP contribution is -2.04. The Labute approximate surface area is 82.5 Å². The van der Waals surface area contributed by atoms with Crippen molar-refractivity contribution in [1.29, 1.82) is 0 Å². The third kappa shape index (κ3) is 1.24. The lowest BCUT2D eigenvalue weighted by Gasteiger charge is -1.98. The molecule has 0 radical (unpaired) electrons. The molecule has 5 heteroatoms. The molecule has 2 rings (SSSR count).